The van der Waals surface area contributed by atoms with E-state index in [2.05, 4.69) is 5.32 Å². The summed E-state index contributed by atoms with van der Waals surface area (Å²) >= 11 is 0. The molecule has 0 aliphatic carbocycles. The number of carbonyl (C=O) groups excluding carboxylic acids is 2. The normalized spacial score (nSPS) is 13.6. The van der Waals surface area contributed by atoms with Crippen LogP contribution in [0.2, 0.25) is 0 Å². The number of fused-ring (bicyclic) bond motifs is 1. The number of methoxy groups -OCH3 is 1. The summed E-state index contributed by atoms with van der Waals surface area (Å²) in [6.45, 7) is 0.211. The molecule has 3 aromatic rings. The number of carbonyl (C=O) groups is 2. The summed E-state index contributed by atoms with van der Waals surface area (Å²) in [5.41, 5.74) is 1.05. The fourth-order valence-electron chi connectivity index (χ4n) is 3.54. The van der Waals surface area contributed by atoms with Gasteiger partial charge in [-0.3, -0.25) is 24.3 Å². The Kier molecular flexibility index (Phi) is 5.15. The van der Waals surface area contributed by atoms with Gasteiger partial charge in [0, 0.05) is 24.7 Å². The van der Waals surface area contributed by atoms with Gasteiger partial charge in [-0.1, -0.05) is 0 Å². The van der Waals surface area contributed by atoms with Crippen molar-refractivity contribution >= 4 is 40.0 Å². The first-order chi connectivity index (χ1) is 14.9. The molecular formula is C20H18N4O7. The first kappa shape index (κ1) is 20.1. The second kappa shape index (κ2) is 7.94. The van der Waals surface area contributed by atoms with E-state index in [1.807, 2.05) is 0 Å². The van der Waals surface area contributed by atoms with Crippen molar-refractivity contribution in [1.29, 1.82) is 0 Å². The molecule has 0 unspecified atom stereocenters. The summed E-state index contributed by atoms with van der Waals surface area (Å²) in [6.07, 6.45) is 1.20. The summed E-state index contributed by atoms with van der Waals surface area (Å²) in [6, 6.07) is 8.63. The SMILES string of the molecule is COc1ccc(NC(=O)Cn2c(=O)oc3cc([N+](=O)[O-])ccc32)cc1N1CCCC1=O. The maximum atomic E-state index is 12.6. The lowest BCUT2D eigenvalue weighted by atomic mass is 10.2. The number of amides is 2. The number of benzene rings is 2. The van der Waals surface area contributed by atoms with Crippen LogP contribution < -0.4 is 20.7 Å². The van der Waals surface area contributed by atoms with Gasteiger partial charge < -0.3 is 19.4 Å². The van der Waals surface area contributed by atoms with Crippen molar-refractivity contribution in [3.8, 4) is 5.75 Å². The molecule has 11 heteroatoms. The van der Waals surface area contributed by atoms with Crippen LogP contribution in [0, 0.1) is 10.1 Å². The lowest BCUT2D eigenvalue weighted by molar-refractivity contribution is -0.384. The standard InChI is InChI=1S/C20H18N4O7/c1-30-16-7-4-12(9-15(16)22-8-2-3-19(22)26)21-18(25)11-23-14-6-5-13(24(28)29)10-17(14)31-20(23)27/h4-7,9-10H,2-3,8,11H2,1H3,(H,21,25). The molecule has 0 radical (unpaired) electrons. The van der Waals surface area contributed by atoms with Crippen LogP contribution in [0.3, 0.4) is 0 Å². The quantitative estimate of drug-likeness (QED) is 0.471. The summed E-state index contributed by atoms with van der Waals surface area (Å²) < 4.78 is 11.4. The molecule has 1 aliphatic heterocycles. The Labute approximate surface area is 175 Å². The first-order valence-corrected chi connectivity index (χ1v) is 9.43. The highest BCUT2D eigenvalue weighted by Gasteiger charge is 2.25. The van der Waals surface area contributed by atoms with Crippen molar-refractivity contribution in [2.75, 3.05) is 23.9 Å². The van der Waals surface area contributed by atoms with E-state index in [9.17, 15) is 24.5 Å². The minimum atomic E-state index is -0.802. The molecule has 1 aromatic heterocycles. The highest BCUT2D eigenvalue weighted by molar-refractivity contribution is 5.98. The van der Waals surface area contributed by atoms with Crippen LogP contribution in [0.4, 0.5) is 17.1 Å². The molecule has 160 valence electrons. The highest BCUT2D eigenvalue weighted by Crippen LogP contribution is 2.34. The number of hydrogen-bond acceptors (Lipinski definition) is 7. The van der Waals surface area contributed by atoms with Gasteiger partial charge in [0.25, 0.3) is 5.69 Å². The molecule has 31 heavy (non-hydrogen) atoms. The van der Waals surface area contributed by atoms with Crippen molar-refractivity contribution < 1.29 is 23.7 Å². The van der Waals surface area contributed by atoms with E-state index in [-0.39, 0.29) is 29.2 Å². The molecule has 0 saturated carbocycles. The van der Waals surface area contributed by atoms with Crippen molar-refractivity contribution in [3.63, 3.8) is 0 Å². The van der Waals surface area contributed by atoms with Crippen LogP contribution in [0.15, 0.2) is 45.6 Å². The molecule has 1 saturated heterocycles. The number of non-ortho nitro benzene ring substituents is 1. The lowest BCUT2D eigenvalue weighted by Crippen LogP contribution is -2.26. The minimum absolute atomic E-state index is 0.0197. The first-order valence-electron chi connectivity index (χ1n) is 9.43. The van der Waals surface area contributed by atoms with E-state index in [1.165, 1.54) is 19.2 Å². The van der Waals surface area contributed by atoms with Gasteiger partial charge in [0.2, 0.25) is 11.8 Å². The predicted octanol–water partition coefficient (Wildman–Crippen LogP) is 2.28. The summed E-state index contributed by atoms with van der Waals surface area (Å²) in [4.78, 5) is 48.7. The van der Waals surface area contributed by atoms with Crippen LogP contribution in [-0.2, 0) is 16.1 Å². The maximum Gasteiger partial charge on any atom is 0.420 e. The van der Waals surface area contributed by atoms with Gasteiger partial charge >= 0.3 is 5.76 Å². The van der Waals surface area contributed by atoms with Crippen LogP contribution in [-0.4, -0.2) is 35.0 Å². The summed E-state index contributed by atoms with van der Waals surface area (Å²) in [7, 11) is 1.50. The van der Waals surface area contributed by atoms with Gasteiger partial charge in [-0.15, -0.1) is 0 Å². The fourth-order valence-corrected chi connectivity index (χ4v) is 3.54. The molecule has 1 aliphatic rings. The number of oxazole rings is 1. The number of ether oxygens (including phenoxy) is 1. The number of hydrogen-bond donors (Lipinski definition) is 1. The molecule has 2 amide bonds. The van der Waals surface area contributed by atoms with Crippen molar-refractivity contribution in [2.45, 2.75) is 19.4 Å². The van der Waals surface area contributed by atoms with Gasteiger partial charge in [0.05, 0.1) is 29.3 Å². The van der Waals surface area contributed by atoms with Crippen LogP contribution in [0.5, 0.6) is 5.75 Å². The van der Waals surface area contributed by atoms with Gasteiger partial charge in [-0.25, -0.2) is 4.79 Å². The Bertz CT molecular complexity index is 1260. The number of nitrogens with one attached hydrogen (secondary N) is 1. The minimum Gasteiger partial charge on any atom is -0.495 e. The molecule has 0 atom stereocenters. The van der Waals surface area contributed by atoms with E-state index in [0.29, 0.717) is 30.1 Å². The van der Waals surface area contributed by atoms with Crippen LogP contribution >= 0.6 is 0 Å². The Balaban J connectivity index is 1.57. The molecule has 1 fully saturated rings. The molecule has 0 spiro atoms. The molecule has 2 heterocycles. The molecular weight excluding hydrogens is 408 g/mol. The topological polar surface area (TPSA) is 137 Å². The average molecular weight is 426 g/mol. The Hall–Kier alpha value is -4.15. The van der Waals surface area contributed by atoms with Crippen LogP contribution in [0.1, 0.15) is 12.8 Å². The highest BCUT2D eigenvalue weighted by atomic mass is 16.6. The summed E-state index contributed by atoms with van der Waals surface area (Å²) in [5, 5.41) is 13.6. The van der Waals surface area contributed by atoms with E-state index >= 15 is 0 Å². The third kappa shape index (κ3) is 3.84. The molecule has 1 N–H and O–H groups in total. The number of nitro groups is 1. The second-order valence-corrected chi connectivity index (χ2v) is 6.95. The van der Waals surface area contributed by atoms with E-state index in [1.54, 1.807) is 23.1 Å². The zero-order chi connectivity index (χ0) is 22.1. The molecule has 0 bridgehead atoms. The van der Waals surface area contributed by atoms with E-state index < -0.39 is 16.6 Å². The second-order valence-electron chi connectivity index (χ2n) is 6.95. The van der Waals surface area contributed by atoms with Gasteiger partial charge in [0.15, 0.2) is 5.58 Å². The Morgan fingerprint density at radius 3 is 2.74 bits per heavy atom. The van der Waals surface area contributed by atoms with Gasteiger partial charge in [-0.05, 0) is 30.7 Å². The van der Waals surface area contributed by atoms with Gasteiger partial charge in [-0.2, -0.15) is 0 Å². The number of anilines is 2. The predicted molar refractivity (Wildman–Crippen MR) is 110 cm³/mol. The number of nitrogens with zero attached hydrogens (tertiary/aromatic N) is 3. The average Bonchev–Trinajstić information content (AvgIpc) is 3.30. The van der Waals surface area contributed by atoms with Crippen molar-refractivity contribution in [3.05, 3.63) is 57.1 Å². The Morgan fingerprint density at radius 2 is 2.06 bits per heavy atom. The summed E-state index contributed by atoms with van der Waals surface area (Å²) in [5.74, 6) is -0.824. The molecule has 11 nitrogen and oxygen atoms in total. The molecule has 2 aromatic carbocycles. The zero-order valence-corrected chi connectivity index (χ0v) is 16.5. The van der Waals surface area contributed by atoms with Crippen molar-refractivity contribution in [2.24, 2.45) is 0 Å². The monoisotopic (exact) mass is 426 g/mol. The largest absolute Gasteiger partial charge is 0.495 e. The van der Waals surface area contributed by atoms with E-state index in [0.717, 1.165) is 17.1 Å². The number of rotatable bonds is 6. The lowest BCUT2D eigenvalue weighted by Gasteiger charge is -2.20. The zero-order valence-electron chi connectivity index (χ0n) is 16.5. The number of aromatic nitrogens is 1. The van der Waals surface area contributed by atoms with Crippen molar-refractivity contribution in [1.82, 2.24) is 4.57 Å². The maximum absolute atomic E-state index is 12.6. The third-order valence-corrected chi connectivity index (χ3v) is 4.99. The van der Waals surface area contributed by atoms with Crippen LogP contribution in [0.25, 0.3) is 11.1 Å². The smallest absolute Gasteiger partial charge is 0.420 e. The third-order valence-electron chi connectivity index (χ3n) is 4.99. The van der Waals surface area contributed by atoms with E-state index in [4.69, 9.17) is 9.15 Å². The van der Waals surface area contributed by atoms with Gasteiger partial charge in [0.1, 0.15) is 12.3 Å². The fraction of sp³-hybridized carbons (Fsp3) is 0.250. The molecule has 4 rings (SSSR count). The number of nitro benzene ring substituents is 1. The Morgan fingerprint density at radius 1 is 1.26 bits per heavy atom.